The Balaban J connectivity index is 1.45. The highest BCUT2D eigenvalue weighted by atomic mass is 16.5. The molecule has 7 heteroatoms. The molecule has 1 aliphatic heterocycles. The number of anilines is 2. The van der Waals surface area contributed by atoms with E-state index in [1.807, 2.05) is 54.2 Å². The first-order valence-electron chi connectivity index (χ1n) is 10.3. The highest BCUT2D eigenvalue weighted by Crippen LogP contribution is 2.30. The SMILES string of the molecule is Cc1cn(-c2ccc(Nc3cccn4cc(C5CCOCC5)nc34)cc2CO)cn1. The summed E-state index contributed by atoms with van der Waals surface area (Å²) in [4.78, 5) is 9.21. The highest BCUT2D eigenvalue weighted by Gasteiger charge is 2.19. The van der Waals surface area contributed by atoms with E-state index in [9.17, 15) is 5.11 Å². The lowest BCUT2D eigenvalue weighted by Crippen LogP contribution is -2.14. The molecule has 0 amide bonds. The summed E-state index contributed by atoms with van der Waals surface area (Å²) in [5.74, 6) is 0.449. The molecule has 3 aromatic heterocycles. The third-order valence-electron chi connectivity index (χ3n) is 5.66. The Bertz CT molecular complexity index is 1170. The lowest BCUT2D eigenvalue weighted by Gasteiger charge is -2.19. The first-order chi connectivity index (χ1) is 14.7. The minimum atomic E-state index is -0.0520. The van der Waals surface area contributed by atoms with Crippen LogP contribution in [0.3, 0.4) is 0 Å². The molecule has 154 valence electrons. The van der Waals surface area contributed by atoms with Gasteiger partial charge < -0.3 is 24.1 Å². The van der Waals surface area contributed by atoms with Crippen molar-refractivity contribution in [1.82, 2.24) is 18.9 Å². The molecule has 0 bridgehead atoms. The summed E-state index contributed by atoms with van der Waals surface area (Å²) < 4.78 is 9.49. The van der Waals surface area contributed by atoms with Crippen LogP contribution in [0.5, 0.6) is 0 Å². The van der Waals surface area contributed by atoms with Crippen LogP contribution in [0.25, 0.3) is 11.3 Å². The predicted octanol–water partition coefficient (Wildman–Crippen LogP) is 3.96. The summed E-state index contributed by atoms with van der Waals surface area (Å²) >= 11 is 0. The largest absolute Gasteiger partial charge is 0.392 e. The maximum atomic E-state index is 9.91. The number of rotatable bonds is 5. The number of nitrogens with zero attached hydrogens (tertiary/aromatic N) is 4. The van der Waals surface area contributed by atoms with Crippen LogP contribution in [0.15, 0.2) is 55.2 Å². The lowest BCUT2D eigenvalue weighted by molar-refractivity contribution is 0.0846. The first kappa shape index (κ1) is 18.8. The number of pyridine rings is 1. The van der Waals surface area contributed by atoms with E-state index in [4.69, 9.17) is 9.72 Å². The molecule has 4 aromatic rings. The van der Waals surface area contributed by atoms with Gasteiger partial charge in [-0.05, 0) is 50.1 Å². The number of aromatic nitrogens is 4. The summed E-state index contributed by atoms with van der Waals surface area (Å²) in [6, 6.07) is 10.0. The number of fused-ring (bicyclic) bond motifs is 1. The number of aliphatic hydroxyl groups is 1. The molecule has 0 aliphatic carbocycles. The van der Waals surface area contributed by atoms with Gasteiger partial charge in [-0.15, -0.1) is 0 Å². The number of nitrogens with one attached hydrogen (secondary N) is 1. The van der Waals surface area contributed by atoms with Gasteiger partial charge in [0, 0.05) is 49.0 Å². The molecular weight excluding hydrogens is 378 g/mol. The quantitative estimate of drug-likeness (QED) is 0.528. The number of ether oxygens (including phenoxy) is 1. The minimum absolute atomic E-state index is 0.0520. The smallest absolute Gasteiger partial charge is 0.160 e. The molecule has 1 saturated heterocycles. The fourth-order valence-corrected chi connectivity index (χ4v) is 4.07. The van der Waals surface area contributed by atoms with Gasteiger partial charge in [0.05, 0.1) is 35.7 Å². The van der Waals surface area contributed by atoms with Crippen molar-refractivity contribution >= 4 is 17.0 Å². The Labute approximate surface area is 175 Å². The number of hydrogen-bond acceptors (Lipinski definition) is 5. The van der Waals surface area contributed by atoms with Crippen LogP contribution in [0.2, 0.25) is 0 Å². The van der Waals surface area contributed by atoms with Crippen LogP contribution in [-0.4, -0.2) is 37.3 Å². The van der Waals surface area contributed by atoms with Crippen LogP contribution in [0.4, 0.5) is 11.4 Å². The van der Waals surface area contributed by atoms with E-state index in [2.05, 4.69) is 20.9 Å². The maximum absolute atomic E-state index is 9.91. The molecule has 1 fully saturated rings. The molecule has 1 aliphatic rings. The monoisotopic (exact) mass is 403 g/mol. The molecule has 1 aromatic carbocycles. The lowest BCUT2D eigenvalue weighted by atomic mass is 9.97. The van der Waals surface area contributed by atoms with E-state index in [1.54, 1.807) is 6.33 Å². The molecular formula is C23H25N5O2. The normalized spacial score (nSPS) is 15.0. The summed E-state index contributed by atoms with van der Waals surface area (Å²) in [6.07, 6.45) is 9.90. The average molecular weight is 403 g/mol. The van der Waals surface area contributed by atoms with Crippen molar-refractivity contribution in [3.63, 3.8) is 0 Å². The minimum Gasteiger partial charge on any atom is -0.392 e. The summed E-state index contributed by atoms with van der Waals surface area (Å²) in [5, 5.41) is 13.4. The van der Waals surface area contributed by atoms with Crippen LogP contribution in [0, 0.1) is 6.92 Å². The summed E-state index contributed by atoms with van der Waals surface area (Å²) in [5.41, 5.74) is 6.55. The molecule has 0 unspecified atom stereocenters. The molecule has 0 saturated carbocycles. The molecule has 5 rings (SSSR count). The number of hydrogen-bond donors (Lipinski definition) is 2. The highest BCUT2D eigenvalue weighted by molar-refractivity contribution is 5.74. The maximum Gasteiger partial charge on any atom is 0.160 e. The van der Waals surface area contributed by atoms with Crippen molar-refractivity contribution in [2.75, 3.05) is 18.5 Å². The van der Waals surface area contributed by atoms with Crippen molar-refractivity contribution in [2.24, 2.45) is 0 Å². The first-order valence-corrected chi connectivity index (χ1v) is 10.3. The van der Waals surface area contributed by atoms with Gasteiger partial charge in [-0.3, -0.25) is 0 Å². The van der Waals surface area contributed by atoms with E-state index in [-0.39, 0.29) is 6.61 Å². The Morgan fingerprint density at radius 1 is 1.20 bits per heavy atom. The third kappa shape index (κ3) is 3.58. The van der Waals surface area contributed by atoms with Crippen LogP contribution >= 0.6 is 0 Å². The molecule has 30 heavy (non-hydrogen) atoms. The second-order valence-corrected chi connectivity index (χ2v) is 7.75. The van der Waals surface area contributed by atoms with Crippen molar-refractivity contribution in [3.05, 3.63) is 72.2 Å². The zero-order chi connectivity index (χ0) is 20.5. The van der Waals surface area contributed by atoms with Crippen molar-refractivity contribution in [2.45, 2.75) is 32.3 Å². The van der Waals surface area contributed by atoms with Crippen LogP contribution < -0.4 is 5.32 Å². The number of aliphatic hydroxyl groups excluding tert-OH is 1. The van der Waals surface area contributed by atoms with Gasteiger partial charge in [0.25, 0.3) is 0 Å². The average Bonchev–Trinajstić information content (AvgIpc) is 3.41. The number of aryl methyl sites for hydroxylation is 1. The second kappa shape index (κ2) is 7.93. The van der Waals surface area contributed by atoms with Gasteiger partial charge in [-0.1, -0.05) is 0 Å². The van der Waals surface area contributed by atoms with Gasteiger partial charge in [-0.2, -0.15) is 0 Å². The topological polar surface area (TPSA) is 76.6 Å². The van der Waals surface area contributed by atoms with E-state index in [1.165, 1.54) is 0 Å². The van der Waals surface area contributed by atoms with E-state index in [0.717, 1.165) is 65.7 Å². The summed E-state index contributed by atoms with van der Waals surface area (Å²) in [6.45, 7) is 3.50. The molecule has 7 nitrogen and oxygen atoms in total. The zero-order valence-electron chi connectivity index (χ0n) is 17.0. The zero-order valence-corrected chi connectivity index (χ0v) is 17.0. The Kier molecular flexibility index (Phi) is 4.98. The van der Waals surface area contributed by atoms with Gasteiger partial charge in [-0.25, -0.2) is 9.97 Å². The Hall–Kier alpha value is -3.16. The van der Waals surface area contributed by atoms with E-state index < -0.39 is 0 Å². The van der Waals surface area contributed by atoms with Crippen molar-refractivity contribution in [1.29, 1.82) is 0 Å². The molecule has 4 heterocycles. The number of benzene rings is 1. The third-order valence-corrected chi connectivity index (χ3v) is 5.66. The van der Waals surface area contributed by atoms with Crippen LogP contribution in [0.1, 0.15) is 35.7 Å². The molecule has 2 N–H and O–H groups in total. The Morgan fingerprint density at radius 3 is 2.83 bits per heavy atom. The van der Waals surface area contributed by atoms with E-state index in [0.29, 0.717) is 5.92 Å². The Morgan fingerprint density at radius 2 is 2.07 bits per heavy atom. The van der Waals surface area contributed by atoms with Gasteiger partial charge in [0.2, 0.25) is 0 Å². The molecule has 0 spiro atoms. The van der Waals surface area contributed by atoms with Crippen LogP contribution in [-0.2, 0) is 11.3 Å². The molecule has 0 atom stereocenters. The fraction of sp³-hybridized carbons (Fsp3) is 0.304. The second-order valence-electron chi connectivity index (χ2n) is 7.75. The van der Waals surface area contributed by atoms with E-state index >= 15 is 0 Å². The standard InChI is InChI=1S/C23H25N5O2/c1-16-12-28(15-24-16)22-5-4-19(11-18(22)14-29)25-20-3-2-8-27-13-21(26-23(20)27)17-6-9-30-10-7-17/h2-5,8,11-13,15,17,25,29H,6-7,9-10,14H2,1H3. The number of imidazole rings is 2. The van der Waals surface area contributed by atoms with Gasteiger partial charge in [0.15, 0.2) is 5.65 Å². The van der Waals surface area contributed by atoms with Crippen molar-refractivity contribution in [3.8, 4) is 5.69 Å². The summed E-state index contributed by atoms with van der Waals surface area (Å²) in [7, 11) is 0. The van der Waals surface area contributed by atoms with Gasteiger partial charge >= 0.3 is 0 Å². The fourth-order valence-electron chi connectivity index (χ4n) is 4.07. The van der Waals surface area contributed by atoms with Gasteiger partial charge in [0.1, 0.15) is 0 Å². The predicted molar refractivity (Wildman–Crippen MR) is 115 cm³/mol. The van der Waals surface area contributed by atoms with Crippen molar-refractivity contribution < 1.29 is 9.84 Å². The molecule has 0 radical (unpaired) electrons.